The Morgan fingerprint density at radius 2 is 1.83 bits per heavy atom. The minimum Gasteiger partial charge on any atom is -0.338 e. The number of amides is 1. The predicted octanol–water partition coefficient (Wildman–Crippen LogP) is 3.80. The highest BCUT2D eigenvalue weighted by Crippen LogP contribution is 2.21. The highest BCUT2D eigenvalue weighted by molar-refractivity contribution is 5.78. The quantitative estimate of drug-likeness (QED) is 0.608. The predicted molar refractivity (Wildman–Crippen MR) is 107 cm³/mol. The Hall–Kier alpha value is -3.06. The Bertz CT molecular complexity index is 974. The number of likely N-dealkylation sites (N-methyl/N-ethyl adjacent to an activating group) is 2. The van der Waals surface area contributed by atoms with Gasteiger partial charge in [0.1, 0.15) is 0 Å². The smallest absolute Gasteiger partial charge is 0.236 e. The van der Waals surface area contributed by atoms with Crippen molar-refractivity contribution < 1.29 is 13.6 Å². The number of aromatic nitrogens is 2. The summed E-state index contributed by atoms with van der Waals surface area (Å²) in [5, 5.41) is 4.37. The SMILES string of the molecule is CC(c1ccc(F)c(F)c1)N(C)C(=O)CN(C)Cc1cnn(-c2ccccc2)c1. The summed E-state index contributed by atoms with van der Waals surface area (Å²) >= 11 is 0. The fourth-order valence-electron chi connectivity index (χ4n) is 3.09. The van der Waals surface area contributed by atoms with Crippen LogP contribution in [0.1, 0.15) is 24.1 Å². The van der Waals surface area contributed by atoms with Crippen molar-refractivity contribution in [2.24, 2.45) is 0 Å². The first-order valence-electron chi connectivity index (χ1n) is 9.33. The first-order chi connectivity index (χ1) is 13.8. The normalized spacial score (nSPS) is 12.2. The standard InChI is InChI=1S/C22H24F2N4O/c1-16(18-9-10-20(23)21(24)11-18)27(3)22(29)15-26(2)13-17-12-25-28(14-17)19-7-5-4-6-8-19/h4-12,14,16H,13,15H2,1-3H3. The fourth-order valence-corrected chi connectivity index (χ4v) is 3.09. The van der Waals surface area contributed by atoms with Crippen LogP contribution in [0.4, 0.5) is 8.78 Å². The van der Waals surface area contributed by atoms with E-state index in [1.807, 2.05) is 48.5 Å². The summed E-state index contributed by atoms with van der Waals surface area (Å²) in [6.07, 6.45) is 3.71. The molecule has 3 aromatic rings. The molecule has 0 fully saturated rings. The lowest BCUT2D eigenvalue weighted by Gasteiger charge is -2.27. The lowest BCUT2D eigenvalue weighted by molar-refractivity contribution is -0.132. The largest absolute Gasteiger partial charge is 0.338 e. The van der Waals surface area contributed by atoms with E-state index in [2.05, 4.69) is 5.10 Å². The second kappa shape index (κ2) is 8.96. The van der Waals surface area contributed by atoms with Gasteiger partial charge in [-0.3, -0.25) is 9.69 Å². The first kappa shape index (κ1) is 20.7. The highest BCUT2D eigenvalue weighted by atomic mass is 19.2. The molecule has 3 rings (SSSR count). The molecule has 0 bridgehead atoms. The molecular formula is C22H24F2N4O. The van der Waals surface area contributed by atoms with Crippen LogP contribution in [0.5, 0.6) is 0 Å². The number of nitrogens with zero attached hydrogens (tertiary/aromatic N) is 4. The fraction of sp³-hybridized carbons (Fsp3) is 0.273. The monoisotopic (exact) mass is 398 g/mol. The van der Waals surface area contributed by atoms with Crippen molar-refractivity contribution in [3.8, 4) is 5.69 Å². The van der Waals surface area contributed by atoms with Gasteiger partial charge in [-0.1, -0.05) is 24.3 Å². The van der Waals surface area contributed by atoms with Crippen molar-refractivity contribution >= 4 is 5.91 Å². The van der Waals surface area contributed by atoms with Crippen molar-refractivity contribution in [1.82, 2.24) is 19.6 Å². The molecule has 29 heavy (non-hydrogen) atoms. The van der Waals surface area contributed by atoms with Crippen molar-refractivity contribution in [3.05, 3.63) is 83.7 Å². The van der Waals surface area contributed by atoms with Crippen LogP contribution in [-0.2, 0) is 11.3 Å². The number of halogens is 2. The molecule has 7 heteroatoms. The summed E-state index contributed by atoms with van der Waals surface area (Å²) in [6.45, 7) is 2.54. The Kier molecular flexibility index (Phi) is 6.39. The number of carbonyl (C=O) groups excluding carboxylic acids is 1. The molecule has 0 N–H and O–H groups in total. The van der Waals surface area contributed by atoms with Gasteiger partial charge in [-0.25, -0.2) is 13.5 Å². The van der Waals surface area contributed by atoms with Crippen LogP contribution >= 0.6 is 0 Å². The molecule has 1 heterocycles. The van der Waals surface area contributed by atoms with Crippen LogP contribution in [0, 0.1) is 11.6 Å². The Labute approximate surface area is 169 Å². The second-order valence-corrected chi connectivity index (χ2v) is 7.16. The average molecular weight is 398 g/mol. The molecule has 0 saturated carbocycles. The van der Waals surface area contributed by atoms with Gasteiger partial charge < -0.3 is 4.90 Å². The number of hydrogen-bond acceptors (Lipinski definition) is 3. The van der Waals surface area contributed by atoms with Gasteiger partial charge in [0.25, 0.3) is 0 Å². The zero-order valence-corrected chi connectivity index (χ0v) is 16.7. The van der Waals surface area contributed by atoms with Crippen LogP contribution in [-0.4, -0.2) is 46.1 Å². The number of rotatable bonds is 7. The van der Waals surface area contributed by atoms with E-state index in [0.29, 0.717) is 12.1 Å². The van der Waals surface area contributed by atoms with E-state index >= 15 is 0 Å². The van der Waals surface area contributed by atoms with Crippen molar-refractivity contribution in [2.75, 3.05) is 20.6 Å². The van der Waals surface area contributed by atoms with Crippen LogP contribution in [0.25, 0.3) is 5.69 Å². The molecule has 1 atom stereocenters. The molecule has 1 unspecified atom stereocenters. The Morgan fingerprint density at radius 3 is 2.52 bits per heavy atom. The summed E-state index contributed by atoms with van der Waals surface area (Å²) in [5.41, 5.74) is 2.50. The lowest BCUT2D eigenvalue weighted by atomic mass is 10.1. The summed E-state index contributed by atoms with van der Waals surface area (Å²) in [5.74, 6) is -1.92. The molecule has 0 spiro atoms. The highest BCUT2D eigenvalue weighted by Gasteiger charge is 2.20. The number of carbonyl (C=O) groups is 1. The van der Waals surface area contributed by atoms with Gasteiger partial charge >= 0.3 is 0 Å². The lowest BCUT2D eigenvalue weighted by Crippen LogP contribution is -2.37. The molecule has 2 aromatic carbocycles. The topological polar surface area (TPSA) is 41.4 Å². The minimum absolute atomic E-state index is 0.111. The number of hydrogen-bond donors (Lipinski definition) is 0. The van der Waals surface area contributed by atoms with Gasteiger partial charge in [-0.05, 0) is 43.8 Å². The first-order valence-corrected chi connectivity index (χ1v) is 9.33. The summed E-state index contributed by atoms with van der Waals surface area (Å²) in [4.78, 5) is 16.1. The molecule has 1 amide bonds. The molecule has 5 nitrogen and oxygen atoms in total. The third kappa shape index (κ3) is 5.06. The van der Waals surface area contributed by atoms with Crippen molar-refractivity contribution in [2.45, 2.75) is 19.5 Å². The zero-order chi connectivity index (χ0) is 21.0. The molecule has 0 radical (unpaired) electrons. The third-order valence-corrected chi connectivity index (χ3v) is 4.91. The van der Waals surface area contributed by atoms with Crippen LogP contribution < -0.4 is 0 Å². The maximum absolute atomic E-state index is 13.5. The van der Waals surface area contributed by atoms with Gasteiger partial charge in [0.15, 0.2) is 11.6 Å². The van der Waals surface area contributed by atoms with Crippen molar-refractivity contribution in [1.29, 1.82) is 0 Å². The van der Waals surface area contributed by atoms with Gasteiger partial charge in [0.2, 0.25) is 5.91 Å². The minimum atomic E-state index is -0.914. The Morgan fingerprint density at radius 1 is 1.10 bits per heavy atom. The maximum Gasteiger partial charge on any atom is 0.236 e. The molecular weight excluding hydrogens is 374 g/mol. The molecule has 152 valence electrons. The van der Waals surface area contributed by atoms with E-state index in [4.69, 9.17) is 0 Å². The molecule has 0 saturated heterocycles. The molecule has 0 aliphatic rings. The molecule has 0 aliphatic carbocycles. The van der Waals surface area contributed by atoms with E-state index in [9.17, 15) is 13.6 Å². The second-order valence-electron chi connectivity index (χ2n) is 7.16. The van der Waals surface area contributed by atoms with Crippen LogP contribution in [0.3, 0.4) is 0 Å². The summed E-state index contributed by atoms with van der Waals surface area (Å²) < 4.78 is 28.4. The molecule has 1 aromatic heterocycles. The maximum atomic E-state index is 13.5. The average Bonchev–Trinajstić information content (AvgIpc) is 3.17. The zero-order valence-electron chi connectivity index (χ0n) is 16.7. The van der Waals surface area contributed by atoms with E-state index in [1.165, 1.54) is 11.0 Å². The molecule has 0 aliphatic heterocycles. The van der Waals surface area contributed by atoms with E-state index in [0.717, 1.165) is 23.4 Å². The van der Waals surface area contributed by atoms with E-state index < -0.39 is 11.6 Å². The van der Waals surface area contributed by atoms with Gasteiger partial charge in [-0.2, -0.15) is 5.10 Å². The van der Waals surface area contributed by atoms with Crippen molar-refractivity contribution in [3.63, 3.8) is 0 Å². The number of benzene rings is 2. The number of para-hydroxylation sites is 1. The summed E-state index contributed by atoms with van der Waals surface area (Å²) in [6, 6.07) is 13.1. The van der Waals surface area contributed by atoms with E-state index in [1.54, 1.807) is 24.9 Å². The van der Waals surface area contributed by atoms with Gasteiger partial charge in [-0.15, -0.1) is 0 Å². The van der Waals surface area contributed by atoms with Gasteiger partial charge in [0, 0.05) is 25.4 Å². The summed E-state index contributed by atoms with van der Waals surface area (Å²) in [7, 11) is 3.52. The van der Waals surface area contributed by atoms with Crippen LogP contribution in [0.2, 0.25) is 0 Å². The Balaban J connectivity index is 1.58. The third-order valence-electron chi connectivity index (χ3n) is 4.91. The van der Waals surface area contributed by atoms with Gasteiger partial charge in [0.05, 0.1) is 24.5 Å². The van der Waals surface area contributed by atoms with Crippen LogP contribution in [0.15, 0.2) is 60.9 Å². The van der Waals surface area contributed by atoms with E-state index in [-0.39, 0.29) is 18.5 Å².